The molecule has 1 heteroatoms. The minimum atomic E-state index is 0.392. The van der Waals surface area contributed by atoms with Gasteiger partial charge in [0.2, 0.25) is 0 Å². The lowest BCUT2D eigenvalue weighted by atomic mass is 9.51. The predicted octanol–water partition coefficient (Wildman–Crippen LogP) is 4.11. The summed E-state index contributed by atoms with van der Waals surface area (Å²) >= 11 is 0. The minimum absolute atomic E-state index is 0.392. The Balaban J connectivity index is 1.85. The van der Waals surface area contributed by atoms with Gasteiger partial charge in [-0.2, -0.15) is 0 Å². The molecule has 3 rings (SSSR count). The predicted molar refractivity (Wildman–Crippen MR) is 81.6 cm³/mol. The first-order valence-electron chi connectivity index (χ1n) is 7.71. The maximum atomic E-state index is 3.77. The third-order valence-electron chi connectivity index (χ3n) is 4.77. The van der Waals surface area contributed by atoms with E-state index in [9.17, 15) is 0 Å². The number of benzene rings is 1. The van der Waals surface area contributed by atoms with Crippen LogP contribution >= 0.6 is 0 Å². The van der Waals surface area contributed by atoms with Crippen molar-refractivity contribution >= 4 is 0 Å². The van der Waals surface area contributed by atoms with Crippen LogP contribution in [0.2, 0.25) is 0 Å². The third kappa shape index (κ3) is 2.72. The molecule has 0 atom stereocenters. The number of hydrogen-bond acceptors (Lipinski definition) is 1. The summed E-state index contributed by atoms with van der Waals surface area (Å²) in [6.07, 6.45) is 5.41. The van der Waals surface area contributed by atoms with Crippen LogP contribution in [0.5, 0.6) is 0 Å². The Morgan fingerprint density at radius 2 is 1.63 bits per heavy atom. The molecule has 0 aliphatic heterocycles. The van der Waals surface area contributed by atoms with E-state index >= 15 is 0 Å². The molecule has 1 aromatic carbocycles. The van der Waals surface area contributed by atoms with Gasteiger partial charge in [-0.1, -0.05) is 43.2 Å². The average Bonchev–Trinajstić information content (AvgIpc) is 3.05. The van der Waals surface area contributed by atoms with Gasteiger partial charge >= 0.3 is 0 Å². The zero-order chi connectivity index (χ0) is 13.7. The highest BCUT2D eigenvalue weighted by molar-refractivity contribution is 5.37. The smallest absolute Gasteiger partial charge is 0.00882 e. The van der Waals surface area contributed by atoms with E-state index < -0.39 is 0 Å². The van der Waals surface area contributed by atoms with Gasteiger partial charge in [-0.3, -0.25) is 0 Å². The van der Waals surface area contributed by atoms with Gasteiger partial charge in [0.1, 0.15) is 0 Å². The van der Waals surface area contributed by atoms with Gasteiger partial charge in [0.15, 0.2) is 0 Å². The molecule has 2 aliphatic carbocycles. The Labute approximate surface area is 117 Å². The van der Waals surface area contributed by atoms with Crippen LogP contribution in [-0.4, -0.2) is 12.6 Å². The number of nitrogens with one attached hydrogen (secondary N) is 1. The fourth-order valence-electron chi connectivity index (χ4n) is 4.12. The molecule has 1 N–H and O–H groups in total. The SMILES string of the molecule is Cc1cc(C)cc(C2(CNC3CC3)CC(C)(C)C2)c1. The fraction of sp³-hybridized carbons (Fsp3) is 0.667. The van der Waals surface area contributed by atoms with E-state index in [1.165, 1.54) is 43.4 Å². The summed E-state index contributed by atoms with van der Waals surface area (Å²) in [4.78, 5) is 0. The lowest BCUT2D eigenvalue weighted by Crippen LogP contribution is -2.52. The molecule has 104 valence electrons. The zero-order valence-electron chi connectivity index (χ0n) is 12.8. The summed E-state index contributed by atoms with van der Waals surface area (Å²) in [5.41, 5.74) is 5.29. The maximum absolute atomic E-state index is 3.77. The van der Waals surface area contributed by atoms with Crippen molar-refractivity contribution in [3.05, 3.63) is 34.9 Å². The lowest BCUT2D eigenvalue weighted by Gasteiger charge is -2.54. The highest BCUT2D eigenvalue weighted by Crippen LogP contribution is 2.55. The van der Waals surface area contributed by atoms with Crippen LogP contribution in [0.15, 0.2) is 18.2 Å². The van der Waals surface area contributed by atoms with Crippen molar-refractivity contribution in [2.24, 2.45) is 5.41 Å². The zero-order valence-corrected chi connectivity index (χ0v) is 12.8. The molecular weight excluding hydrogens is 230 g/mol. The lowest BCUT2D eigenvalue weighted by molar-refractivity contribution is 0.0559. The molecule has 2 fully saturated rings. The van der Waals surface area contributed by atoms with Crippen LogP contribution in [-0.2, 0) is 5.41 Å². The van der Waals surface area contributed by atoms with Gasteiger partial charge < -0.3 is 5.32 Å². The van der Waals surface area contributed by atoms with Crippen LogP contribution < -0.4 is 5.32 Å². The Bertz CT molecular complexity index is 454. The van der Waals surface area contributed by atoms with Crippen molar-refractivity contribution in [2.75, 3.05) is 6.54 Å². The van der Waals surface area contributed by atoms with Crippen LogP contribution in [0, 0.1) is 19.3 Å². The first kappa shape index (κ1) is 13.2. The summed E-state index contributed by atoms with van der Waals surface area (Å²) in [6.45, 7) is 10.4. The van der Waals surface area contributed by atoms with Gasteiger partial charge in [-0.25, -0.2) is 0 Å². The fourth-order valence-corrected chi connectivity index (χ4v) is 4.12. The van der Waals surface area contributed by atoms with Crippen molar-refractivity contribution in [1.82, 2.24) is 5.32 Å². The average molecular weight is 257 g/mol. The molecule has 1 nitrogen and oxygen atoms in total. The van der Waals surface area contributed by atoms with E-state index in [0.717, 1.165) is 6.04 Å². The normalized spacial score (nSPS) is 24.0. The van der Waals surface area contributed by atoms with E-state index in [1.807, 2.05) is 0 Å². The first-order valence-corrected chi connectivity index (χ1v) is 7.71. The highest BCUT2D eigenvalue weighted by atomic mass is 15.0. The van der Waals surface area contributed by atoms with E-state index in [1.54, 1.807) is 5.56 Å². The standard InChI is InChI=1S/C18H27N/c1-13-7-14(2)9-15(8-13)18(10-17(3,4)11-18)12-19-16-5-6-16/h7-9,16,19H,5-6,10-12H2,1-4H3. The molecule has 0 amide bonds. The molecule has 0 heterocycles. The first-order chi connectivity index (χ1) is 8.89. The Kier molecular flexibility index (Phi) is 3.01. The van der Waals surface area contributed by atoms with Crippen LogP contribution in [0.4, 0.5) is 0 Å². The quantitative estimate of drug-likeness (QED) is 0.856. The monoisotopic (exact) mass is 257 g/mol. The summed E-state index contributed by atoms with van der Waals surface area (Å²) in [5, 5.41) is 3.77. The molecule has 2 saturated carbocycles. The Morgan fingerprint density at radius 1 is 1.05 bits per heavy atom. The summed E-state index contributed by atoms with van der Waals surface area (Å²) in [5.74, 6) is 0. The second-order valence-electron chi connectivity index (χ2n) is 7.83. The van der Waals surface area contributed by atoms with Crippen LogP contribution in [0.3, 0.4) is 0 Å². The molecular formula is C18H27N. The summed E-state index contributed by atoms with van der Waals surface area (Å²) < 4.78 is 0. The van der Waals surface area contributed by atoms with Crippen molar-refractivity contribution in [3.8, 4) is 0 Å². The second-order valence-corrected chi connectivity index (χ2v) is 7.83. The van der Waals surface area contributed by atoms with E-state index in [2.05, 4.69) is 51.2 Å². The van der Waals surface area contributed by atoms with Crippen LogP contribution in [0.1, 0.15) is 56.2 Å². The molecule has 0 bridgehead atoms. The topological polar surface area (TPSA) is 12.0 Å². The van der Waals surface area contributed by atoms with Gasteiger partial charge in [0.05, 0.1) is 0 Å². The maximum Gasteiger partial charge on any atom is 0.00882 e. The molecule has 0 saturated heterocycles. The van der Waals surface area contributed by atoms with Crippen molar-refractivity contribution < 1.29 is 0 Å². The van der Waals surface area contributed by atoms with E-state index in [0.29, 0.717) is 10.8 Å². The molecule has 0 aromatic heterocycles. The second kappa shape index (κ2) is 4.34. The van der Waals surface area contributed by atoms with Gasteiger partial charge in [-0.15, -0.1) is 0 Å². The molecule has 0 unspecified atom stereocenters. The third-order valence-corrected chi connectivity index (χ3v) is 4.77. The van der Waals surface area contributed by atoms with Gasteiger partial charge in [-0.05, 0) is 50.5 Å². The Morgan fingerprint density at radius 3 is 2.11 bits per heavy atom. The van der Waals surface area contributed by atoms with Crippen molar-refractivity contribution in [3.63, 3.8) is 0 Å². The molecule has 0 radical (unpaired) electrons. The van der Waals surface area contributed by atoms with Crippen molar-refractivity contribution in [1.29, 1.82) is 0 Å². The summed E-state index contributed by atoms with van der Waals surface area (Å²) in [6, 6.07) is 7.93. The number of hydrogen-bond donors (Lipinski definition) is 1. The molecule has 19 heavy (non-hydrogen) atoms. The van der Waals surface area contributed by atoms with Crippen molar-refractivity contribution in [2.45, 2.75) is 64.8 Å². The van der Waals surface area contributed by atoms with Gasteiger partial charge in [0, 0.05) is 18.0 Å². The largest absolute Gasteiger partial charge is 0.313 e. The molecule has 1 aromatic rings. The highest BCUT2D eigenvalue weighted by Gasteiger charge is 2.50. The van der Waals surface area contributed by atoms with Gasteiger partial charge in [0.25, 0.3) is 0 Å². The summed E-state index contributed by atoms with van der Waals surface area (Å²) in [7, 11) is 0. The number of rotatable bonds is 4. The van der Waals surface area contributed by atoms with E-state index in [-0.39, 0.29) is 0 Å². The molecule has 2 aliphatic rings. The Hall–Kier alpha value is -0.820. The minimum Gasteiger partial charge on any atom is -0.313 e. The molecule has 0 spiro atoms. The number of aryl methyl sites for hydroxylation is 2. The van der Waals surface area contributed by atoms with E-state index in [4.69, 9.17) is 0 Å². The van der Waals surface area contributed by atoms with Crippen LogP contribution in [0.25, 0.3) is 0 Å².